The number of H-pyrrole nitrogens is 1. The van der Waals surface area contributed by atoms with Crippen molar-refractivity contribution in [3.05, 3.63) is 33.0 Å². The maximum absolute atomic E-state index is 12.3. The Morgan fingerprint density at radius 3 is 2.21 bits per heavy atom. The predicted molar refractivity (Wildman–Crippen MR) is 72.3 cm³/mol. The molecule has 2 aromatic rings. The quantitative estimate of drug-likeness (QED) is 0.906. The molecule has 6 nitrogen and oxygen atoms in total. The number of hydrogen-bond donors (Lipinski definition) is 1. The maximum Gasteiger partial charge on any atom is 0.329 e. The Kier molecular flexibility index (Phi) is 3.33. The normalized spacial score (nSPS) is 11.0. The van der Waals surface area contributed by atoms with Crippen molar-refractivity contribution in [2.75, 3.05) is 14.2 Å². The Morgan fingerprint density at radius 1 is 1.11 bits per heavy atom. The van der Waals surface area contributed by atoms with Crippen molar-refractivity contribution in [1.29, 1.82) is 0 Å². The molecule has 0 fully saturated rings. The average molecular weight is 264 g/mol. The van der Waals surface area contributed by atoms with Crippen LogP contribution in [0.4, 0.5) is 0 Å². The third kappa shape index (κ3) is 2.09. The second kappa shape index (κ2) is 4.79. The summed E-state index contributed by atoms with van der Waals surface area (Å²) in [4.78, 5) is 26.9. The number of fused-ring (bicyclic) bond motifs is 1. The minimum Gasteiger partial charge on any atom is -0.493 e. The highest BCUT2D eigenvalue weighted by Gasteiger charge is 2.13. The lowest BCUT2D eigenvalue weighted by atomic mass is 10.2. The van der Waals surface area contributed by atoms with Crippen LogP contribution in [0, 0.1) is 0 Å². The molecule has 0 aliphatic heterocycles. The van der Waals surface area contributed by atoms with E-state index in [4.69, 9.17) is 9.47 Å². The zero-order valence-electron chi connectivity index (χ0n) is 11.3. The molecule has 0 radical (unpaired) electrons. The molecule has 0 amide bonds. The van der Waals surface area contributed by atoms with E-state index in [0.717, 1.165) is 0 Å². The van der Waals surface area contributed by atoms with Crippen molar-refractivity contribution in [2.24, 2.45) is 0 Å². The number of methoxy groups -OCH3 is 2. The van der Waals surface area contributed by atoms with Gasteiger partial charge >= 0.3 is 5.69 Å². The molecule has 0 aliphatic carbocycles. The van der Waals surface area contributed by atoms with Crippen LogP contribution in [-0.2, 0) is 0 Å². The lowest BCUT2D eigenvalue weighted by Crippen LogP contribution is -2.36. The van der Waals surface area contributed by atoms with E-state index >= 15 is 0 Å². The van der Waals surface area contributed by atoms with Crippen LogP contribution in [0.3, 0.4) is 0 Å². The van der Waals surface area contributed by atoms with Crippen molar-refractivity contribution >= 4 is 10.9 Å². The smallest absolute Gasteiger partial charge is 0.329 e. The van der Waals surface area contributed by atoms with E-state index in [-0.39, 0.29) is 11.6 Å². The molecule has 19 heavy (non-hydrogen) atoms. The number of aromatic amines is 1. The first-order chi connectivity index (χ1) is 8.99. The van der Waals surface area contributed by atoms with Crippen LogP contribution in [0.5, 0.6) is 11.5 Å². The van der Waals surface area contributed by atoms with Gasteiger partial charge in [-0.15, -0.1) is 0 Å². The Bertz CT molecular complexity index is 728. The number of rotatable bonds is 3. The monoisotopic (exact) mass is 264 g/mol. The molecule has 102 valence electrons. The van der Waals surface area contributed by atoms with E-state index in [0.29, 0.717) is 22.4 Å². The molecule has 0 unspecified atom stereocenters. The fraction of sp³-hybridized carbons (Fsp3) is 0.385. The standard InChI is InChI=1S/C13H16N2O4/c1-7(2)15-12(16)8-5-10(18-3)11(19-4)6-9(8)14-13(15)17/h5-7H,1-4H3,(H,14,17). The first-order valence-corrected chi connectivity index (χ1v) is 5.90. The van der Waals surface area contributed by atoms with Gasteiger partial charge in [0.1, 0.15) is 0 Å². The maximum atomic E-state index is 12.3. The van der Waals surface area contributed by atoms with Gasteiger partial charge in [-0.25, -0.2) is 4.79 Å². The molecule has 0 aliphatic rings. The summed E-state index contributed by atoms with van der Waals surface area (Å²) in [5.74, 6) is 0.918. The highest BCUT2D eigenvalue weighted by atomic mass is 16.5. The minimum atomic E-state index is -0.431. The Labute approximate surface area is 109 Å². The number of hydrogen-bond acceptors (Lipinski definition) is 4. The third-order valence-electron chi connectivity index (χ3n) is 2.95. The van der Waals surface area contributed by atoms with Crippen molar-refractivity contribution in [3.63, 3.8) is 0 Å². The first kappa shape index (κ1) is 13.2. The number of ether oxygens (including phenoxy) is 2. The SMILES string of the molecule is COc1cc2[nH]c(=O)n(C(C)C)c(=O)c2cc1OC. The van der Waals surface area contributed by atoms with Gasteiger partial charge in [-0.2, -0.15) is 0 Å². The summed E-state index contributed by atoms with van der Waals surface area (Å²) in [6.45, 7) is 3.56. The van der Waals surface area contributed by atoms with E-state index in [2.05, 4.69) is 4.98 Å². The molecule has 1 aromatic carbocycles. The van der Waals surface area contributed by atoms with E-state index < -0.39 is 5.69 Å². The van der Waals surface area contributed by atoms with Crippen LogP contribution in [-0.4, -0.2) is 23.8 Å². The number of benzene rings is 1. The molecular weight excluding hydrogens is 248 g/mol. The number of nitrogens with one attached hydrogen (secondary N) is 1. The van der Waals surface area contributed by atoms with Crippen molar-refractivity contribution < 1.29 is 9.47 Å². The average Bonchev–Trinajstić information content (AvgIpc) is 2.36. The molecule has 0 saturated heterocycles. The number of aromatic nitrogens is 2. The predicted octanol–water partition coefficient (Wildman–Crippen LogP) is 1.29. The van der Waals surface area contributed by atoms with Crippen LogP contribution >= 0.6 is 0 Å². The van der Waals surface area contributed by atoms with Crippen molar-refractivity contribution in [2.45, 2.75) is 19.9 Å². The second-order valence-electron chi connectivity index (χ2n) is 4.45. The molecule has 0 bridgehead atoms. The van der Waals surface area contributed by atoms with Gasteiger partial charge in [-0.1, -0.05) is 0 Å². The van der Waals surface area contributed by atoms with Crippen molar-refractivity contribution in [3.8, 4) is 11.5 Å². The molecule has 0 saturated carbocycles. The summed E-state index contributed by atoms with van der Waals surface area (Å²) < 4.78 is 11.5. The van der Waals surface area contributed by atoms with Gasteiger partial charge < -0.3 is 14.5 Å². The molecule has 0 atom stereocenters. The summed E-state index contributed by atoms with van der Waals surface area (Å²) >= 11 is 0. The molecule has 1 N–H and O–H groups in total. The molecule has 6 heteroatoms. The summed E-state index contributed by atoms with van der Waals surface area (Å²) in [7, 11) is 2.99. The van der Waals surface area contributed by atoms with Crippen LogP contribution in [0.1, 0.15) is 19.9 Å². The molecule has 2 rings (SSSR count). The van der Waals surface area contributed by atoms with Crippen LogP contribution in [0.15, 0.2) is 21.7 Å². The summed E-state index contributed by atoms with van der Waals surface area (Å²) in [5.41, 5.74) is -0.334. The van der Waals surface area contributed by atoms with Crippen LogP contribution in [0.2, 0.25) is 0 Å². The van der Waals surface area contributed by atoms with Gasteiger partial charge in [0.2, 0.25) is 0 Å². The third-order valence-corrected chi connectivity index (χ3v) is 2.95. The number of nitrogens with zero attached hydrogens (tertiary/aromatic N) is 1. The van der Waals surface area contributed by atoms with Gasteiger partial charge in [0.05, 0.1) is 25.1 Å². The van der Waals surface area contributed by atoms with Gasteiger partial charge in [0, 0.05) is 12.1 Å². The second-order valence-corrected chi connectivity index (χ2v) is 4.45. The largest absolute Gasteiger partial charge is 0.493 e. The fourth-order valence-electron chi connectivity index (χ4n) is 2.03. The first-order valence-electron chi connectivity index (χ1n) is 5.90. The molecule has 1 aromatic heterocycles. The Balaban J connectivity index is 2.90. The van der Waals surface area contributed by atoms with E-state index in [9.17, 15) is 9.59 Å². The summed E-state index contributed by atoms with van der Waals surface area (Å²) in [5, 5.41) is 0.394. The van der Waals surface area contributed by atoms with Gasteiger partial charge in [-0.05, 0) is 19.9 Å². The van der Waals surface area contributed by atoms with E-state index in [1.54, 1.807) is 26.0 Å². The fourth-order valence-corrected chi connectivity index (χ4v) is 2.03. The molecule has 1 heterocycles. The lowest BCUT2D eigenvalue weighted by Gasteiger charge is -2.12. The van der Waals surface area contributed by atoms with Crippen molar-refractivity contribution in [1.82, 2.24) is 9.55 Å². The van der Waals surface area contributed by atoms with Gasteiger partial charge in [0.15, 0.2) is 11.5 Å². The zero-order valence-corrected chi connectivity index (χ0v) is 11.3. The van der Waals surface area contributed by atoms with Gasteiger partial charge in [-0.3, -0.25) is 9.36 Å². The highest BCUT2D eigenvalue weighted by Crippen LogP contribution is 2.29. The van der Waals surface area contributed by atoms with Gasteiger partial charge in [0.25, 0.3) is 5.56 Å². The Morgan fingerprint density at radius 2 is 1.68 bits per heavy atom. The molecular formula is C13H16N2O4. The van der Waals surface area contributed by atoms with Crippen LogP contribution in [0.25, 0.3) is 10.9 Å². The lowest BCUT2D eigenvalue weighted by molar-refractivity contribution is 0.355. The van der Waals surface area contributed by atoms with Crippen LogP contribution < -0.4 is 20.7 Å². The minimum absolute atomic E-state index is 0.214. The zero-order chi connectivity index (χ0) is 14.2. The highest BCUT2D eigenvalue weighted by molar-refractivity contribution is 5.81. The Hall–Kier alpha value is -2.24. The summed E-state index contributed by atoms with van der Waals surface area (Å²) in [6, 6.07) is 2.95. The van der Waals surface area contributed by atoms with E-state index in [1.807, 2.05) is 0 Å². The topological polar surface area (TPSA) is 73.3 Å². The van der Waals surface area contributed by atoms with E-state index in [1.165, 1.54) is 18.8 Å². The summed E-state index contributed by atoms with van der Waals surface area (Å²) in [6.07, 6.45) is 0. The molecule has 0 spiro atoms.